The highest BCUT2D eigenvalue weighted by atomic mass is 19.1. The summed E-state index contributed by atoms with van der Waals surface area (Å²) in [7, 11) is 0. The van der Waals surface area contributed by atoms with Gasteiger partial charge in [0.05, 0.1) is 11.6 Å². The number of hydrogen-bond acceptors (Lipinski definition) is 3. The van der Waals surface area contributed by atoms with E-state index in [1.807, 2.05) is 62.4 Å². The Morgan fingerprint density at radius 2 is 1.59 bits per heavy atom. The van der Waals surface area contributed by atoms with Crippen LogP contribution in [0.25, 0.3) is 10.9 Å². The minimum atomic E-state index is -0.368. The number of benzene rings is 2. The smallest absolute Gasteiger partial charge is 0.128 e. The van der Waals surface area contributed by atoms with Gasteiger partial charge in [-0.25, -0.2) is 9.37 Å². The van der Waals surface area contributed by atoms with E-state index < -0.39 is 0 Å². The molecule has 0 saturated heterocycles. The molecule has 134 valence electrons. The van der Waals surface area contributed by atoms with E-state index in [1.165, 1.54) is 6.07 Å². The Bertz CT molecular complexity index is 1110. The summed E-state index contributed by atoms with van der Waals surface area (Å²) >= 11 is 0. The molecule has 0 aliphatic rings. The number of aromatic nitrogens is 2. The molecule has 0 radical (unpaired) electrons. The van der Waals surface area contributed by atoms with E-state index in [4.69, 9.17) is 0 Å². The van der Waals surface area contributed by atoms with E-state index >= 15 is 0 Å². The molecule has 0 bridgehead atoms. The van der Waals surface area contributed by atoms with Gasteiger partial charge in [-0.3, -0.25) is 4.98 Å². The third kappa shape index (κ3) is 3.65. The first-order valence-corrected chi connectivity index (χ1v) is 8.92. The second kappa shape index (κ2) is 7.16. The van der Waals surface area contributed by atoms with Gasteiger partial charge in [0.1, 0.15) is 11.6 Å². The quantitative estimate of drug-likeness (QED) is 0.517. The summed E-state index contributed by atoms with van der Waals surface area (Å²) in [6.07, 6.45) is 0. The summed E-state index contributed by atoms with van der Waals surface area (Å²) in [6, 6.07) is 22.3. The number of nitrogens with zero attached hydrogens (tertiary/aromatic N) is 2. The van der Waals surface area contributed by atoms with Crippen molar-refractivity contribution >= 4 is 16.7 Å². The van der Waals surface area contributed by atoms with Gasteiger partial charge in [0.25, 0.3) is 0 Å². The third-order valence-electron chi connectivity index (χ3n) is 4.59. The molecule has 0 amide bonds. The van der Waals surface area contributed by atoms with Gasteiger partial charge in [-0.1, -0.05) is 42.5 Å². The Morgan fingerprint density at radius 3 is 2.41 bits per heavy atom. The van der Waals surface area contributed by atoms with Gasteiger partial charge >= 0.3 is 0 Å². The van der Waals surface area contributed by atoms with Crippen LogP contribution in [0.5, 0.6) is 0 Å². The highest BCUT2D eigenvalue weighted by molar-refractivity contribution is 5.79. The summed E-state index contributed by atoms with van der Waals surface area (Å²) in [5.41, 5.74) is 4.27. The maximum absolute atomic E-state index is 14.6. The molecule has 3 nitrogen and oxygen atoms in total. The fourth-order valence-electron chi connectivity index (χ4n) is 3.24. The van der Waals surface area contributed by atoms with Crippen molar-refractivity contribution in [1.29, 1.82) is 0 Å². The van der Waals surface area contributed by atoms with E-state index in [-0.39, 0.29) is 11.9 Å². The van der Waals surface area contributed by atoms with Crippen molar-refractivity contribution in [2.75, 3.05) is 5.32 Å². The van der Waals surface area contributed by atoms with Crippen LogP contribution >= 0.6 is 0 Å². The number of anilines is 1. The van der Waals surface area contributed by atoms with E-state index in [2.05, 4.69) is 21.4 Å². The Balaban J connectivity index is 1.83. The van der Waals surface area contributed by atoms with Crippen molar-refractivity contribution in [2.45, 2.75) is 19.9 Å². The Labute approximate surface area is 157 Å². The highest BCUT2D eigenvalue weighted by Gasteiger charge is 2.19. The van der Waals surface area contributed by atoms with Crippen molar-refractivity contribution in [1.82, 2.24) is 9.97 Å². The zero-order valence-corrected chi connectivity index (χ0v) is 15.3. The molecular weight excluding hydrogens is 337 g/mol. The lowest BCUT2D eigenvalue weighted by atomic mass is 9.97. The molecule has 0 saturated carbocycles. The predicted octanol–water partition coefficient (Wildman–Crippen LogP) is 5.59. The molecule has 2 aromatic heterocycles. The molecule has 1 atom stereocenters. The van der Waals surface area contributed by atoms with Crippen LogP contribution in [0.2, 0.25) is 0 Å². The van der Waals surface area contributed by atoms with E-state index in [1.54, 1.807) is 12.1 Å². The molecule has 0 spiro atoms. The molecule has 4 heteroatoms. The molecule has 2 aromatic carbocycles. The van der Waals surface area contributed by atoms with Crippen molar-refractivity contribution in [3.8, 4) is 0 Å². The number of rotatable bonds is 4. The van der Waals surface area contributed by atoms with Gasteiger partial charge in [-0.05, 0) is 49.7 Å². The zero-order valence-electron chi connectivity index (χ0n) is 15.3. The number of pyridine rings is 2. The maximum Gasteiger partial charge on any atom is 0.128 e. The van der Waals surface area contributed by atoms with Gasteiger partial charge < -0.3 is 5.32 Å². The van der Waals surface area contributed by atoms with Gasteiger partial charge in [0, 0.05) is 22.3 Å². The summed E-state index contributed by atoms with van der Waals surface area (Å²) < 4.78 is 14.6. The SMILES string of the molecule is Cc1cccc(NC(c2ccc3ccc(C)nc3c2)c2ccccc2F)n1. The topological polar surface area (TPSA) is 37.8 Å². The predicted molar refractivity (Wildman–Crippen MR) is 107 cm³/mol. The lowest BCUT2D eigenvalue weighted by Gasteiger charge is -2.21. The molecule has 4 rings (SSSR count). The molecule has 27 heavy (non-hydrogen) atoms. The van der Waals surface area contributed by atoms with E-state index in [9.17, 15) is 4.39 Å². The normalized spacial score (nSPS) is 12.1. The average molecular weight is 357 g/mol. The minimum Gasteiger partial charge on any atom is -0.359 e. The van der Waals surface area contributed by atoms with Gasteiger partial charge in [-0.15, -0.1) is 0 Å². The standard InChI is InChI=1S/C23H20FN3/c1-15-6-5-9-22(26-15)27-23(19-7-3-4-8-20(19)24)18-13-12-17-11-10-16(2)25-21(17)14-18/h3-14,23H,1-2H3,(H,26,27). The first-order valence-electron chi connectivity index (χ1n) is 8.92. The zero-order chi connectivity index (χ0) is 18.8. The molecule has 2 heterocycles. The van der Waals surface area contributed by atoms with Crippen molar-refractivity contribution in [3.63, 3.8) is 0 Å². The first-order chi connectivity index (χ1) is 13.1. The lowest BCUT2D eigenvalue weighted by molar-refractivity contribution is 0.604. The summed E-state index contributed by atoms with van der Waals surface area (Å²) in [4.78, 5) is 9.14. The van der Waals surface area contributed by atoms with Crippen LogP contribution in [0.15, 0.2) is 72.8 Å². The third-order valence-corrected chi connectivity index (χ3v) is 4.59. The van der Waals surface area contributed by atoms with Gasteiger partial charge in [0.2, 0.25) is 0 Å². The molecule has 1 unspecified atom stereocenters. The second-order valence-corrected chi connectivity index (χ2v) is 6.67. The van der Waals surface area contributed by atoms with Crippen LogP contribution in [0.1, 0.15) is 28.6 Å². The number of nitrogens with one attached hydrogen (secondary N) is 1. The van der Waals surface area contributed by atoms with Crippen LogP contribution < -0.4 is 5.32 Å². The number of fused-ring (bicyclic) bond motifs is 1. The average Bonchev–Trinajstić information content (AvgIpc) is 2.66. The maximum atomic E-state index is 14.6. The molecule has 0 fully saturated rings. The van der Waals surface area contributed by atoms with Gasteiger partial charge in [0.15, 0.2) is 0 Å². The van der Waals surface area contributed by atoms with Crippen molar-refractivity contribution < 1.29 is 4.39 Å². The van der Waals surface area contributed by atoms with Crippen LogP contribution in [0, 0.1) is 19.7 Å². The first kappa shape index (κ1) is 17.2. The van der Waals surface area contributed by atoms with Crippen molar-refractivity contribution in [3.05, 3.63) is 101 Å². The largest absolute Gasteiger partial charge is 0.359 e. The minimum absolute atomic E-state index is 0.250. The fraction of sp³-hybridized carbons (Fsp3) is 0.130. The van der Waals surface area contributed by atoms with Crippen LogP contribution in [-0.2, 0) is 0 Å². The Morgan fingerprint density at radius 1 is 0.815 bits per heavy atom. The summed E-state index contributed by atoms with van der Waals surface area (Å²) in [5, 5.41) is 4.45. The number of hydrogen-bond donors (Lipinski definition) is 1. The molecular formula is C23H20FN3. The number of aryl methyl sites for hydroxylation is 2. The fourth-order valence-corrected chi connectivity index (χ4v) is 3.24. The van der Waals surface area contributed by atoms with E-state index in [0.29, 0.717) is 11.4 Å². The summed E-state index contributed by atoms with van der Waals surface area (Å²) in [5.74, 6) is 0.459. The van der Waals surface area contributed by atoms with E-state index in [0.717, 1.165) is 27.9 Å². The number of halogens is 1. The molecule has 4 aromatic rings. The second-order valence-electron chi connectivity index (χ2n) is 6.67. The highest BCUT2D eigenvalue weighted by Crippen LogP contribution is 2.30. The Hall–Kier alpha value is -3.27. The van der Waals surface area contributed by atoms with Crippen molar-refractivity contribution in [2.24, 2.45) is 0 Å². The van der Waals surface area contributed by atoms with Crippen LogP contribution in [0.3, 0.4) is 0 Å². The summed E-state index contributed by atoms with van der Waals surface area (Å²) in [6.45, 7) is 3.90. The van der Waals surface area contributed by atoms with Crippen LogP contribution in [0.4, 0.5) is 10.2 Å². The monoisotopic (exact) mass is 357 g/mol. The molecule has 1 N–H and O–H groups in total. The Kier molecular flexibility index (Phi) is 4.55. The molecule has 0 aliphatic heterocycles. The molecule has 0 aliphatic carbocycles. The van der Waals surface area contributed by atoms with Crippen LogP contribution in [-0.4, -0.2) is 9.97 Å². The lowest BCUT2D eigenvalue weighted by Crippen LogP contribution is -2.15. The van der Waals surface area contributed by atoms with Gasteiger partial charge in [-0.2, -0.15) is 0 Å².